The molecule has 0 spiro atoms. The predicted molar refractivity (Wildman–Crippen MR) is 58.7 cm³/mol. The third-order valence-corrected chi connectivity index (χ3v) is 2.38. The van der Waals surface area contributed by atoms with Crippen LogP contribution in [0.15, 0.2) is 18.2 Å². The van der Waals surface area contributed by atoms with Crippen molar-refractivity contribution in [1.82, 2.24) is 0 Å². The van der Waals surface area contributed by atoms with E-state index in [2.05, 4.69) is 5.32 Å². The van der Waals surface area contributed by atoms with Crippen molar-refractivity contribution in [2.75, 3.05) is 11.1 Å². The molecule has 1 unspecified atom stereocenters. The summed E-state index contributed by atoms with van der Waals surface area (Å²) in [5.74, 6) is 0.723. The van der Waals surface area contributed by atoms with Crippen LogP contribution >= 0.6 is 0 Å². The first-order valence-corrected chi connectivity index (χ1v) is 4.95. The van der Waals surface area contributed by atoms with E-state index in [0.29, 0.717) is 17.1 Å². The van der Waals surface area contributed by atoms with Crippen molar-refractivity contribution in [1.29, 1.82) is 0 Å². The Morgan fingerprint density at radius 2 is 2.20 bits per heavy atom. The number of hydrogen-bond acceptors (Lipinski definition) is 3. The van der Waals surface area contributed by atoms with Crippen molar-refractivity contribution in [2.45, 2.75) is 20.0 Å². The summed E-state index contributed by atoms with van der Waals surface area (Å²) in [6.45, 7) is 3.90. The number of nitrogens with one attached hydrogen (secondary N) is 1. The van der Waals surface area contributed by atoms with Crippen molar-refractivity contribution in [3.63, 3.8) is 0 Å². The van der Waals surface area contributed by atoms with E-state index < -0.39 is 6.10 Å². The molecule has 4 heteroatoms. The topological polar surface area (TPSA) is 64.3 Å². The van der Waals surface area contributed by atoms with Crippen molar-refractivity contribution < 1.29 is 9.53 Å². The van der Waals surface area contributed by atoms with E-state index in [1.165, 1.54) is 0 Å². The van der Waals surface area contributed by atoms with E-state index in [4.69, 9.17) is 10.5 Å². The van der Waals surface area contributed by atoms with Crippen molar-refractivity contribution in [3.05, 3.63) is 18.2 Å². The first kappa shape index (κ1) is 9.83. The van der Waals surface area contributed by atoms with Crippen LogP contribution in [0, 0.1) is 5.92 Å². The molecule has 2 rings (SSSR count). The molecule has 1 amide bonds. The van der Waals surface area contributed by atoms with E-state index in [-0.39, 0.29) is 11.8 Å². The van der Waals surface area contributed by atoms with Gasteiger partial charge in [-0.05, 0) is 24.1 Å². The van der Waals surface area contributed by atoms with Gasteiger partial charge in [-0.1, -0.05) is 13.8 Å². The van der Waals surface area contributed by atoms with Crippen molar-refractivity contribution in [2.24, 2.45) is 5.92 Å². The highest BCUT2D eigenvalue weighted by molar-refractivity contribution is 5.98. The number of nitrogen functional groups attached to an aromatic ring is 1. The third-order valence-electron chi connectivity index (χ3n) is 2.38. The molecule has 4 nitrogen and oxygen atoms in total. The Hall–Kier alpha value is -1.71. The second-order valence-corrected chi connectivity index (χ2v) is 4.03. The van der Waals surface area contributed by atoms with Crippen molar-refractivity contribution in [3.8, 4) is 5.75 Å². The molecule has 0 fully saturated rings. The fraction of sp³-hybridized carbons (Fsp3) is 0.364. The minimum absolute atomic E-state index is 0.108. The number of amides is 1. The number of ether oxygens (including phenoxy) is 1. The molecular weight excluding hydrogens is 192 g/mol. The number of carbonyl (C=O) groups is 1. The quantitative estimate of drug-likeness (QED) is 0.686. The van der Waals surface area contributed by atoms with Gasteiger partial charge in [-0.25, -0.2) is 0 Å². The highest BCUT2D eigenvalue weighted by atomic mass is 16.5. The second kappa shape index (κ2) is 3.46. The first-order valence-electron chi connectivity index (χ1n) is 4.95. The zero-order valence-corrected chi connectivity index (χ0v) is 8.78. The average Bonchev–Trinajstić information content (AvgIpc) is 2.15. The maximum atomic E-state index is 11.6. The Balaban J connectivity index is 2.34. The molecule has 0 aliphatic carbocycles. The Kier molecular flexibility index (Phi) is 2.26. The summed E-state index contributed by atoms with van der Waals surface area (Å²) in [6.07, 6.45) is -0.416. The molecular formula is C11H14N2O2. The van der Waals surface area contributed by atoms with Gasteiger partial charge in [0.15, 0.2) is 6.10 Å². The monoisotopic (exact) mass is 206 g/mol. The number of benzene rings is 1. The number of fused-ring (bicyclic) bond motifs is 1. The summed E-state index contributed by atoms with van der Waals surface area (Å²) in [5, 5.41) is 2.79. The standard InChI is InChI=1S/C11H14N2O2/c1-6(2)10-11(14)13-8-5-7(12)3-4-9(8)15-10/h3-6,10H,12H2,1-2H3,(H,13,14). The minimum Gasteiger partial charge on any atom is -0.478 e. The summed E-state index contributed by atoms with van der Waals surface area (Å²) >= 11 is 0. The Labute approximate surface area is 88.4 Å². The van der Waals surface area contributed by atoms with Crippen LogP contribution in [-0.2, 0) is 4.79 Å². The fourth-order valence-electron chi connectivity index (χ4n) is 1.58. The second-order valence-electron chi connectivity index (χ2n) is 4.03. The van der Waals surface area contributed by atoms with Gasteiger partial charge in [-0.2, -0.15) is 0 Å². The maximum absolute atomic E-state index is 11.6. The normalized spacial score (nSPS) is 19.4. The number of nitrogens with two attached hydrogens (primary N) is 1. The predicted octanol–water partition coefficient (Wildman–Crippen LogP) is 1.62. The summed E-state index contributed by atoms with van der Waals surface area (Å²) in [6, 6.07) is 5.23. The molecule has 0 saturated carbocycles. The molecule has 1 atom stereocenters. The average molecular weight is 206 g/mol. The lowest BCUT2D eigenvalue weighted by molar-refractivity contribution is -0.125. The first-order chi connectivity index (χ1) is 7.08. The molecule has 1 heterocycles. The van der Waals surface area contributed by atoms with Gasteiger partial charge < -0.3 is 15.8 Å². The molecule has 15 heavy (non-hydrogen) atoms. The molecule has 1 aromatic rings. The molecule has 80 valence electrons. The Morgan fingerprint density at radius 3 is 2.87 bits per heavy atom. The summed E-state index contributed by atoms with van der Waals surface area (Å²) < 4.78 is 5.59. The van der Waals surface area contributed by atoms with Gasteiger partial charge >= 0.3 is 0 Å². The molecule has 3 N–H and O–H groups in total. The third kappa shape index (κ3) is 1.75. The zero-order valence-electron chi connectivity index (χ0n) is 8.78. The number of rotatable bonds is 1. The zero-order chi connectivity index (χ0) is 11.0. The van der Waals surface area contributed by atoms with E-state index in [9.17, 15) is 4.79 Å². The summed E-state index contributed by atoms with van der Waals surface area (Å²) in [7, 11) is 0. The van der Waals surface area contributed by atoms with E-state index >= 15 is 0 Å². The molecule has 0 bridgehead atoms. The van der Waals surface area contributed by atoms with Crippen LogP contribution in [0.3, 0.4) is 0 Å². The van der Waals surface area contributed by atoms with Gasteiger partial charge in [-0.15, -0.1) is 0 Å². The number of hydrogen-bond donors (Lipinski definition) is 2. The molecule has 1 aliphatic rings. The smallest absolute Gasteiger partial charge is 0.265 e. The van der Waals surface area contributed by atoms with Crippen LogP contribution in [0.1, 0.15) is 13.8 Å². The summed E-state index contributed by atoms with van der Waals surface area (Å²) in [4.78, 5) is 11.6. The van der Waals surface area contributed by atoms with Gasteiger partial charge in [0.1, 0.15) is 5.75 Å². The van der Waals surface area contributed by atoms with Crippen molar-refractivity contribution >= 4 is 17.3 Å². The van der Waals surface area contributed by atoms with Crippen LogP contribution in [-0.4, -0.2) is 12.0 Å². The van der Waals surface area contributed by atoms with Gasteiger partial charge in [-0.3, -0.25) is 4.79 Å². The van der Waals surface area contributed by atoms with Crippen LogP contribution in [0.25, 0.3) is 0 Å². The van der Waals surface area contributed by atoms with Gasteiger partial charge in [0.2, 0.25) is 0 Å². The number of anilines is 2. The highest BCUT2D eigenvalue weighted by Gasteiger charge is 2.29. The Morgan fingerprint density at radius 1 is 1.47 bits per heavy atom. The lowest BCUT2D eigenvalue weighted by atomic mass is 10.0. The molecule has 1 aliphatic heterocycles. The minimum atomic E-state index is -0.416. The molecule has 0 aromatic heterocycles. The summed E-state index contributed by atoms with van der Waals surface area (Å²) in [5.41, 5.74) is 6.88. The maximum Gasteiger partial charge on any atom is 0.265 e. The van der Waals surface area contributed by atoms with Gasteiger partial charge in [0.25, 0.3) is 5.91 Å². The lowest BCUT2D eigenvalue weighted by Crippen LogP contribution is -2.40. The molecule has 0 saturated heterocycles. The number of carbonyl (C=O) groups excluding carboxylic acids is 1. The van der Waals surface area contributed by atoms with E-state index in [1.807, 2.05) is 13.8 Å². The van der Waals surface area contributed by atoms with Gasteiger partial charge in [0.05, 0.1) is 5.69 Å². The largest absolute Gasteiger partial charge is 0.478 e. The fourth-order valence-corrected chi connectivity index (χ4v) is 1.58. The van der Waals surface area contributed by atoms with Crippen LogP contribution in [0.2, 0.25) is 0 Å². The van der Waals surface area contributed by atoms with E-state index in [1.54, 1.807) is 18.2 Å². The van der Waals surface area contributed by atoms with Crippen LogP contribution < -0.4 is 15.8 Å². The molecule has 1 aromatic carbocycles. The highest BCUT2D eigenvalue weighted by Crippen LogP contribution is 2.32. The Bertz CT molecular complexity index is 402. The van der Waals surface area contributed by atoms with Gasteiger partial charge in [0, 0.05) is 5.69 Å². The van der Waals surface area contributed by atoms with Crippen LogP contribution in [0.5, 0.6) is 5.75 Å². The molecule has 0 radical (unpaired) electrons. The van der Waals surface area contributed by atoms with Crippen LogP contribution in [0.4, 0.5) is 11.4 Å². The lowest BCUT2D eigenvalue weighted by Gasteiger charge is -2.28. The van der Waals surface area contributed by atoms with E-state index in [0.717, 1.165) is 0 Å². The SMILES string of the molecule is CC(C)C1Oc2ccc(N)cc2NC1=O.